The molecule has 0 saturated heterocycles. The minimum Gasteiger partial charge on any atom is -0.326 e. The molecule has 3 amide bonds. The number of amides is 3. The van der Waals surface area contributed by atoms with Gasteiger partial charge in [-0.05, 0) is 54.6 Å². The SMILES string of the molecule is O=C(CC1C(=O)Nc2ccccc2N1C(=O)c1ccc(Cl)cc1)Nc1cccc(C(F)(F)F)c1. The third-order valence-electron chi connectivity index (χ3n) is 5.20. The van der Waals surface area contributed by atoms with Gasteiger partial charge in [-0.3, -0.25) is 19.3 Å². The van der Waals surface area contributed by atoms with Crippen LogP contribution in [-0.2, 0) is 15.8 Å². The van der Waals surface area contributed by atoms with Gasteiger partial charge in [0.15, 0.2) is 0 Å². The minimum atomic E-state index is -4.57. The number of rotatable bonds is 4. The summed E-state index contributed by atoms with van der Waals surface area (Å²) in [6.07, 6.45) is -5.05. The molecule has 1 aliphatic rings. The van der Waals surface area contributed by atoms with Crippen molar-refractivity contribution in [1.29, 1.82) is 0 Å². The van der Waals surface area contributed by atoms with Gasteiger partial charge in [0.25, 0.3) is 5.91 Å². The number of benzene rings is 3. The van der Waals surface area contributed by atoms with Crippen LogP contribution in [0.2, 0.25) is 5.02 Å². The summed E-state index contributed by atoms with van der Waals surface area (Å²) < 4.78 is 38.9. The molecule has 0 radical (unpaired) electrons. The van der Waals surface area contributed by atoms with Crippen LogP contribution in [0.5, 0.6) is 0 Å². The van der Waals surface area contributed by atoms with Crippen LogP contribution < -0.4 is 15.5 Å². The summed E-state index contributed by atoms with van der Waals surface area (Å²) in [6, 6.07) is 15.6. The van der Waals surface area contributed by atoms with E-state index in [2.05, 4.69) is 10.6 Å². The van der Waals surface area contributed by atoms with Crippen LogP contribution in [0.15, 0.2) is 72.8 Å². The summed E-state index contributed by atoms with van der Waals surface area (Å²) in [5.41, 5.74) is 0.0293. The van der Waals surface area contributed by atoms with E-state index in [1.165, 1.54) is 41.3 Å². The van der Waals surface area contributed by atoms with Crippen molar-refractivity contribution >= 4 is 46.4 Å². The first kappa shape index (κ1) is 23.3. The highest BCUT2D eigenvalue weighted by atomic mass is 35.5. The Morgan fingerprint density at radius 1 is 1.00 bits per heavy atom. The molecular weight excluding hydrogens is 471 g/mol. The van der Waals surface area contributed by atoms with Gasteiger partial charge in [0.1, 0.15) is 6.04 Å². The van der Waals surface area contributed by atoms with E-state index >= 15 is 0 Å². The highest BCUT2D eigenvalue weighted by molar-refractivity contribution is 6.30. The number of alkyl halides is 3. The summed E-state index contributed by atoms with van der Waals surface area (Å²) in [5, 5.41) is 5.47. The Balaban J connectivity index is 1.62. The van der Waals surface area contributed by atoms with E-state index in [1.54, 1.807) is 24.3 Å². The number of hydrogen-bond acceptors (Lipinski definition) is 3. The predicted octanol–water partition coefficient (Wildman–Crippen LogP) is 5.36. The maximum absolute atomic E-state index is 13.4. The molecule has 34 heavy (non-hydrogen) atoms. The van der Waals surface area contributed by atoms with Crippen molar-refractivity contribution in [3.8, 4) is 0 Å². The summed E-state index contributed by atoms with van der Waals surface area (Å²) in [5.74, 6) is -1.86. The van der Waals surface area contributed by atoms with Gasteiger partial charge in [0, 0.05) is 16.3 Å². The minimum absolute atomic E-state index is 0.0768. The van der Waals surface area contributed by atoms with Crippen molar-refractivity contribution in [2.24, 2.45) is 0 Å². The zero-order valence-electron chi connectivity index (χ0n) is 17.4. The fourth-order valence-corrected chi connectivity index (χ4v) is 3.74. The molecule has 4 rings (SSSR count). The van der Waals surface area contributed by atoms with Crippen molar-refractivity contribution in [2.75, 3.05) is 15.5 Å². The number of carbonyl (C=O) groups excluding carboxylic acids is 3. The number of para-hydroxylation sites is 2. The molecule has 0 aliphatic carbocycles. The molecule has 6 nitrogen and oxygen atoms in total. The van der Waals surface area contributed by atoms with Gasteiger partial charge in [0.05, 0.1) is 23.4 Å². The Morgan fingerprint density at radius 3 is 2.41 bits per heavy atom. The lowest BCUT2D eigenvalue weighted by atomic mass is 10.0. The Hall–Kier alpha value is -3.85. The Kier molecular flexibility index (Phi) is 6.30. The maximum atomic E-state index is 13.4. The molecule has 0 aromatic heterocycles. The fraction of sp³-hybridized carbons (Fsp3) is 0.125. The first-order chi connectivity index (χ1) is 16.1. The van der Waals surface area contributed by atoms with E-state index in [-0.39, 0.29) is 11.3 Å². The number of fused-ring (bicyclic) bond motifs is 1. The Bertz CT molecular complexity index is 1260. The normalized spacial score (nSPS) is 15.4. The van der Waals surface area contributed by atoms with Crippen LogP contribution in [0.3, 0.4) is 0 Å². The van der Waals surface area contributed by atoms with Gasteiger partial charge in [0.2, 0.25) is 11.8 Å². The third kappa shape index (κ3) is 4.89. The standard InChI is InChI=1S/C24H17ClF3N3O3/c25-16-10-8-14(9-11-16)23(34)31-19-7-2-1-6-18(19)30-22(33)20(31)13-21(32)29-17-5-3-4-15(12-17)24(26,27)28/h1-12,20H,13H2,(H,29,32)(H,30,33). The van der Waals surface area contributed by atoms with Crippen molar-refractivity contribution in [3.63, 3.8) is 0 Å². The van der Waals surface area contributed by atoms with Gasteiger partial charge in [-0.15, -0.1) is 0 Å². The van der Waals surface area contributed by atoms with Crippen LogP contribution >= 0.6 is 11.6 Å². The molecule has 3 aromatic carbocycles. The topological polar surface area (TPSA) is 78.5 Å². The number of nitrogens with zero attached hydrogens (tertiary/aromatic N) is 1. The molecule has 1 aliphatic heterocycles. The number of nitrogens with one attached hydrogen (secondary N) is 2. The number of carbonyl (C=O) groups is 3. The van der Waals surface area contributed by atoms with Gasteiger partial charge >= 0.3 is 6.18 Å². The number of hydrogen-bond donors (Lipinski definition) is 2. The first-order valence-corrected chi connectivity index (χ1v) is 10.5. The van der Waals surface area contributed by atoms with E-state index in [1.807, 2.05) is 0 Å². The average Bonchev–Trinajstić information content (AvgIpc) is 2.79. The Labute approximate surface area is 197 Å². The molecule has 2 N–H and O–H groups in total. The summed E-state index contributed by atoms with van der Waals surface area (Å²) in [4.78, 5) is 40.2. The molecule has 0 spiro atoms. The van der Waals surface area contributed by atoms with Crippen molar-refractivity contribution in [1.82, 2.24) is 0 Å². The van der Waals surface area contributed by atoms with Crippen LogP contribution in [0.4, 0.5) is 30.2 Å². The zero-order chi connectivity index (χ0) is 24.5. The number of anilines is 3. The molecule has 0 fully saturated rings. The van der Waals surface area contributed by atoms with Crippen LogP contribution in [-0.4, -0.2) is 23.8 Å². The molecule has 0 bridgehead atoms. The van der Waals surface area contributed by atoms with Crippen molar-refractivity contribution in [2.45, 2.75) is 18.6 Å². The zero-order valence-corrected chi connectivity index (χ0v) is 18.2. The molecule has 1 atom stereocenters. The second-order valence-corrected chi connectivity index (χ2v) is 7.97. The fourth-order valence-electron chi connectivity index (χ4n) is 3.62. The van der Waals surface area contributed by atoms with E-state index in [9.17, 15) is 27.6 Å². The van der Waals surface area contributed by atoms with Crippen LogP contribution in [0.1, 0.15) is 22.3 Å². The molecule has 0 saturated carbocycles. The summed E-state index contributed by atoms with van der Waals surface area (Å²) in [6.45, 7) is 0. The van der Waals surface area contributed by atoms with Gasteiger partial charge in [-0.2, -0.15) is 13.2 Å². The predicted molar refractivity (Wildman–Crippen MR) is 122 cm³/mol. The average molecular weight is 488 g/mol. The second kappa shape index (κ2) is 9.18. The van der Waals surface area contributed by atoms with Crippen molar-refractivity contribution < 1.29 is 27.6 Å². The molecule has 10 heteroatoms. The largest absolute Gasteiger partial charge is 0.416 e. The molecule has 3 aromatic rings. The highest BCUT2D eigenvalue weighted by Crippen LogP contribution is 2.35. The first-order valence-electron chi connectivity index (χ1n) is 10.1. The quantitative estimate of drug-likeness (QED) is 0.520. The van der Waals surface area contributed by atoms with E-state index in [0.29, 0.717) is 16.4 Å². The molecule has 174 valence electrons. The lowest BCUT2D eigenvalue weighted by Crippen LogP contribution is -2.52. The van der Waals surface area contributed by atoms with Crippen LogP contribution in [0.25, 0.3) is 0 Å². The molecule has 1 unspecified atom stereocenters. The Morgan fingerprint density at radius 2 is 1.71 bits per heavy atom. The second-order valence-electron chi connectivity index (χ2n) is 7.54. The smallest absolute Gasteiger partial charge is 0.326 e. The number of halogens is 4. The summed E-state index contributed by atoms with van der Waals surface area (Å²) in [7, 11) is 0. The summed E-state index contributed by atoms with van der Waals surface area (Å²) >= 11 is 5.91. The maximum Gasteiger partial charge on any atom is 0.416 e. The third-order valence-corrected chi connectivity index (χ3v) is 5.45. The lowest BCUT2D eigenvalue weighted by molar-refractivity contribution is -0.137. The van der Waals surface area contributed by atoms with Crippen LogP contribution in [0, 0.1) is 0 Å². The molecule has 1 heterocycles. The highest BCUT2D eigenvalue weighted by Gasteiger charge is 2.38. The van der Waals surface area contributed by atoms with E-state index in [0.717, 1.165) is 12.1 Å². The molecular formula is C24H17ClF3N3O3. The van der Waals surface area contributed by atoms with Gasteiger partial charge < -0.3 is 10.6 Å². The monoisotopic (exact) mass is 487 g/mol. The lowest BCUT2D eigenvalue weighted by Gasteiger charge is -2.36. The van der Waals surface area contributed by atoms with E-state index < -0.39 is 41.9 Å². The van der Waals surface area contributed by atoms with Gasteiger partial charge in [-0.1, -0.05) is 29.8 Å². The van der Waals surface area contributed by atoms with Gasteiger partial charge in [-0.25, -0.2) is 0 Å². The van der Waals surface area contributed by atoms with E-state index in [4.69, 9.17) is 11.6 Å². The van der Waals surface area contributed by atoms with Crippen molar-refractivity contribution in [3.05, 3.63) is 88.9 Å².